The highest BCUT2D eigenvalue weighted by Gasteiger charge is 2.11. The second kappa shape index (κ2) is 5.71. The van der Waals surface area contributed by atoms with Gasteiger partial charge in [-0.1, -0.05) is 12.1 Å². The first-order chi connectivity index (χ1) is 9.11. The van der Waals surface area contributed by atoms with Crippen LogP contribution in [0, 0.1) is 12.3 Å². The first-order valence-corrected chi connectivity index (χ1v) is 6.50. The Morgan fingerprint density at radius 1 is 1.37 bits per heavy atom. The number of aryl methyl sites for hydroxylation is 1. The predicted octanol–water partition coefficient (Wildman–Crippen LogP) is 2.32. The average Bonchev–Trinajstić information content (AvgIpc) is 2.78. The third-order valence-electron chi connectivity index (χ3n) is 2.51. The minimum absolute atomic E-state index is 0.0403. The lowest BCUT2D eigenvalue weighted by atomic mass is 10.3. The van der Waals surface area contributed by atoms with Crippen molar-refractivity contribution in [2.75, 3.05) is 7.11 Å². The molecule has 0 spiro atoms. The van der Waals surface area contributed by atoms with Crippen molar-refractivity contribution in [1.29, 1.82) is 5.41 Å². The number of nitrogens with zero attached hydrogens (tertiary/aromatic N) is 1. The number of para-hydroxylation sites is 2. The van der Waals surface area contributed by atoms with E-state index in [0.29, 0.717) is 23.0 Å². The summed E-state index contributed by atoms with van der Waals surface area (Å²) in [6.45, 7) is 2.17. The topological polar surface area (TPSA) is 81.2 Å². The van der Waals surface area contributed by atoms with Crippen molar-refractivity contribution in [1.82, 2.24) is 4.98 Å². The summed E-state index contributed by atoms with van der Waals surface area (Å²) >= 11 is 1.37. The number of nitrogens with one attached hydrogen (secondary N) is 1. The molecule has 0 amide bonds. The van der Waals surface area contributed by atoms with Gasteiger partial charge in [-0.3, -0.25) is 5.41 Å². The molecular weight excluding hydrogens is 262 g/mol. The Balaban J connectivity index is 2.10. The number of benzene rings is 1. The fourth-order valence-corrected chi connectivity index (χ4v) is 2.48. The van der Waals surface area contributed by atoms with Crippen molar-refractivity contribution < 1.29 is 9.47 Å². The zero-order valence-electron chi connectivity index (χ0n) is 10.8. The lowest BCUT2D eigenvalue weighted by Crippen LogP contribution is -2.10. The van der Waals surface area contributed by atoms with Crippen molar-refractivity contribution in [2.45, 2.75) is 13.5 Å². The molecule has 5 nitrogen and oxygen atoms in total. The SMILES string of the molecule is COc1ccccc1OCc1nc(C)c(C(=N)N)s1. The number of hydrogen-bond acceptors (Lipinski definition) is 5. The Labute approximate surface area is 115 Å². The smallest absolute Gasteiger partial charge is 0.161 e. The molecule has 0 saturated heterocycles. The van der Waals surface area contributed by atoms with Gasteiger partial charge in [-0.15, -0.1) is 11.3 Å². The predicted molar refractivity (Wildman–Crippen MR) is 75.2 cm³/mol. The normalized spacial score (nSPS) is 10.2. The molecule has 0 unspecified atom stereocenters. The summed E-state index contributed by atoms with van der Waals surface area (Å²) in [7, 11) is 1.60. The summed E-state index contributed by atoms with van der Waals surface area (Å²) in [5.41, 5.74) is 6.23. The Hall–Kier alpha value is -2.08. The van der Waals surface area contributed by atoms with Crippen molar-refractivity contribution in [3.8, 4) is 11.5 Å². The average molecular weight is 277 g/mol. The molecule has 100 valence electrons. The maximum atomic E-state index is 7.44. The lowest BCUT2D eigenvalue weighted by Gasteiger charge is -2.08. The van der Waals surface area contributed by atoms with Crippen LogP contribution in [0.5, 0.6) is 11.5 Å². The van der Waals surface area contributed by atoms with Gasteiger partial charge in [0.1, 0.15) is 17.5 Å². The van der Waals surface area contributed by atoms with E-state index >= 15 is 0 Å². The van der Waals surface area contributed by atoms with Gasteiger partial charge in [0, 0.05) is 0 Å². The summed E-state index contributed by atoms with van der Waals surface area (Å²) < 4.78 is 10.9. The molecule has 6 heteroatoms. The Morgan fingerprint density at radius 2 is 2.05 bits per heavy atom. The minimum atomic E-state index is 0.0403. The van der Waals surface area contributed by atoms with Gasteiger partial charge < -0.3 is 15.2 Å². The summed E-state index contributed by atoms with van der Waals surface area (Å²) in [4.78, 5) is 5.03. The molecule has 1 aromatic heterocycles. The fourth-order valence-electron chi connectivity index (χ4n) is 1.64. The van der Waals surface area contributed by atoms with E-state index in [-0.39, 0.29) is 5.84 Å². The number of thiazole rings is 1. The molecule has 3 N–H and O–H groups in total. The first-order valence-electron chi connectivity index (χ1n) is 5.68. The number of methoxy groups -OCH3 is 1. The molecule has 0 bridgehead atoms. The Bertz CT molecular complexity index is 595. The summed E-state index contributed by atoms with van der Waals surface area (Å²) in [6, 6.07) is 7.44. The van der Waals surface area contributed by atoms with Gasteiger partial charge in [0.2, 0.25) is 0 Å². The van der Waals surface area contributed by atoms with Crippen LogP contribution in [0.2, 0.25) is 0 Å². The Kier molecular flexibility index (Phi) is 4.01. The maximum Gasteiger partial charge on any atom is 0.161 e. The van der Waals surface area contributed by atoms with Crippen molar-refractivity contribution in [3.05, 3.63) is 39.8 Å². The van der Waals surface area contributed by atoms with Crippen LogP contribution in [0.4, 0.5) is 0 Å². The van der Waals surface area contributed by atoms with Crippen LogP contribution in [-0.4, -0.2) is 17.9 Å². The van der Waals surface area contributed by atoms with Crippen LogP contribution in [0.3, 0.4) is 0 Å². The number of ether oxygens (including phenoxy) is 2. The van der Waals surface area contributed by atoms with Crippen LogP contribution < -0.4 is 15.2 Å². The highest BCUT2D eigenvalue weighted by molar-refractivity contribution is 7.13. The third-order valence-corrected chi connectivity index (χ3v) is 3.67. The van der Waals surface area contributed by atoms with Gasteiger partial charge in [-0.05, 0) is 19.1 Å². The zero-order chi connectivity index (χ0) is 13.8. The van der Waals surface area contributed by atoms with Gasteiger partial charge in [-0.25, -0.2) is 4.98 Å². The van der Waals surface area contributed by atoms with E-state index in [1.54, 1.807) is 7.11 Å². The van der Waals surface area contributed by atoms with Gasteiger partial charge >= 0.3 is 0 Å². The molecule has 2 rings (SSSR count). The fraction of sp³-hybridized carbons (Fsp3) is 0.231. The molecule has 0 radical (unpaired) electrons. The molecule has 0 atom stereocenters. The third kappa shape index (κ3) is 3.03. The number of hydrogen-bond donors (Lipinski definition) is 2. The van der Waals surface area contributed by atoms with Crippen LogP contribution >= 0.6 is 11.3 Å². The van der Waals surface area contributed by atoms with E-state index in [1.807, 2.05) is 31.2 Å². The zero-order valence-corrected chi connectivity index (χ0v) is 11.6. The number of rotatable bonds is 5. The van der Waals surface area contributed by atoms with E-state index in [9.17, 15) is 0 Å². The van der Waals surface area contributed by atoms with Crippen LogP contribution in [0.25, 0.3) is 0 Å². The van der Waals surface area contributed by atoms with E-state index in [2.05, 4.69) is 4.98 Å². The molecule has 0 fully saturated rings. The van der Waals surface area contributed by atoms with Gasteiger partial charge in [0.25, 0.3) is 0 Å². The number of nitrogens with two attached hydrogens (primary N) is 1. The quantitative estimate of drug-likeness (QED) is 0.649. The minimum Gasteiger partial charge on any atom is -0.493 e. The Morgan fingerprint density at radius 3 is 2.63 bits per heavy atom. The molecule has 0 aliphatic rings. The number of nitrogen functional groups attached to an aromatic ring is 1. The summed E-state index contributed by atoms with van der Waals surface area (Å²) in [5.74, 6) is 1.39. The van der Waals surface area contributed by atoms with Gasteiger partial charge in [-0.2, -0.15) is 0 Å². The number of amidine groups is 1. The van der Waals surface area contributed by atoms with Crippen molar-refractivity contribution in [3.63, 3.8) is 0 Å². The van der Waals surface area contributed by atoms with E-state index in [1.165, 1.54) is 11.3 Å². The first kappa shape index (κ1) is 13.4. The highest BCUT2D eigenvalue weighted by Crippen LogP contribution is 2.27. The summed E-state index contributed by atoms with van der Waals surface area (Å²) in [5, 5.41) is 8.22. The molecule has 1 aromatic carbocycles. The monoisotopic (exact) mass is 277 g/mol. The summed E-state index contributed by atoms with van der Waals surface area (Å²) in [6.07, 6.45) is 0. The second-order valence-corrected chi connectivity index (χ2v) is 4.96. The largest absolute Gasteiger partial charge is 0.493 e. The van der Waals surface area contributed by atoms with E-state index in [0.717, 1.165) is 10.7 Å². The van der Waals surface area contributed by atoms with E-state index < -0.39 is 0 Å². The molecule has 19 heavy (non-hydrogen) atoms. The highest BCUT2D eigenvalue weighted by atomic mass is 32.1. The maximum absolute atomic E-state index is 7.44. The lowest BCUT2D eigenvalue weighted by molar-refractivity contribution is 0.284. The van der Waals surface area contributed by atoms with Gasteiger partial charge in [0.05, 0.1) is 17.7 Å². The second-order valence-electron chi connectivity index (χ2n) is 3.88. The van der Waals surface area contributed by atoms with E-state index in [4.69, 9.17) is 20.6 Å². The molecule has 1 heterocycles. The molecule has 0 aliphatic carbocycles. The molecule has 2 aromatic rings. The molecule has 0 aliphatic heterocycles. The van der Waals surface area contributed by atoms with Crippen molar-refractivity contribution >= 4 is 17.2 Å². The molecular formula is C13H15N3O2S. The standard InChI is InChI=1S/C13H15N3O2S/c1-8-12(13(14)15)19-11(16-8)7-18-10-6-4-3-5-9(10)17-2/h3-6H,7H2,1-2H3,(H3,14,15). The van der Waals surface area contributed by atoms with Crippen LogP contribution in [0.1, 0.15) is 15.6 Å². The van der Waals surface area contributed by atoms with Crippen molar-refractivity contribution in [2.24, 2.45) is 5.73 Å². The number of aromatic nitrogens is 1. The van der Waals surface area contributed by atoms with Crippen LogP contribution in [0.15, 0.2) is 24.3 Å². The van der Waals surface area contributed by atoms with Crippen LogP contribution in [-0.2, 0) is 6.61 Å². The molecule has 0 saturated carbocycles. The van der Waals surface area contributed by atoms with Gasteiger partial charge in [0.15, 0.2) is 11.5 Å².